The van der Waals surface area contributed by atoms with Crippen LogP contribution in [0, 0.1) is 0 Å². The van der Waals surface area contributed by atoms with Gasteiger partial charge in [-0.3, -0.25) is 4.79 Å². The summed E-state index contributed by atoms with van der Waals surface area (Å²) in [5.74, 6) is 0.142. The van der Waals surface area contributed by atoms with Crippen LogP contribution in [0.3, 0.4) is 0 Å². The molecule has 0 radical (unpaired) electrons. The van der Waals surface area contributed by atoms with Gasteiger partial charge in [-0.2, -0.15) is 13.2 Å². The first-order valence-corrected chi connectivity index (χ1v) is 7.48. The van der Waals surface area contributed by atoms with Crippen molar-refractivity contribution in [1.29, 1.82) is 0 Å². The van der Waals surface area contributed by atoms with E-state index in [1.54, 1.807) is 6.07 Å². The second-order valence-corrected chi connectivity index (χ2v) is 5.25. The molecular weight excluding hydrogens is 335 g/mol. The summed E-state index contributed by atoms with van der Waals surface area (Å²) in [5.41, 5.74) is 0.107. The molecule has 2 rings (SSSR count). The number of para-hydroxylation sites is 1. The van der Waals surface area contributed by atoms with Crippen molar-refractivity contribution in [1.82, 2.24) is 5.32 Å². The summed E-state index contributed by atoms with van der Waals surface area (Å²) < 4.78 is 48.3. The van der Waals surface area contributed by atoms with Gasteiger partial charge in [-0.1, -0.05) is 18.2 Å². The first-order chi connectivity index (χ1) is 11.9. The normalized spacial score (nSPS) is 12.5. The Morgan fingerprint density at radius 2 is 1.72 bits per heavy atom. The molecule has 0 heterocycles. The fourth-order valence-electron chi connectivity index (χ4n) is 2.35. The van der Waals surface area contributed by atoms with E-state index in [-0.39, 0.29) is 12.1 Å². The molecule has 1 N–H and O–H groups in total. The van der Waals surface area contributed by atoms with Gasteiger partial charge in [-0.25, -0.2) is 0 Å². The van der Waals surface area contributed by atoms with E-state index in [0.717, 1.165) is 29.8 Å². The number of rotatable bonds is 6. The van der Waals surface area contributed by atoms with Crippen molar-refractivity contribution in [3.8, 4) is 5.75 Å². The van der Waals surface area contributed by atoms with Crippen molar-refractivity contribution in [3.05, 3.63) is 65.2 Å². The molecule has 0 aliphatic rings. The number of nitrogens with one attached hydrogen (secondary N) is 1. The summed E-state index contributed by atoms with van der Waals surface area (Å²) in [6, 6.07) is 11.3. The molecule has 0 aliphatic carbocycles. The van der Waals surface area contributed by atoms with E-state index in [4.69, 9.17) is 9.47 Å². The van der Waals surface area contributed by atoms with Crippen molar-refractivity contribution in [2.45, 2.75) is 12.3 Å². The minimum atomic E-state index is -4.43. The topological polar surface area (TPSA) is 47.6 Å². The second kappa shape index (κ2) is 8.02. The van der Waals surface area contributed by atoms with Crippen molar-refractivity contribution in [2.24, 2.45) is 0 Å². The first-order valence-electron chi connectivity index (χ1n) is 7.48. The summed E-state index contributed by atoms with van der Waals surface area (Å²) >= 11 is 0. The third-order valence-electron chi connectivity index (χ3n) is 3.69. The van der Waals surface area contributed by atoms with E-state index >= 15 is 0 Å². The molecule has 0 saturated carbocycles. The lowest BCUT2D eigenvalue weighted by Crippen LogP contribution is -2.29. The Labute approximate surface area is 143 Å². The maximum absolute atomic E-state index is 12.6. The smallest absolute Gasteiger partial charge is 0.416 e. The van der Waals surface area contributed by atoms with Crippen LogP contribution in [0.25, 0.3) is 0 Å². The molecular formula is C18H18F3NO3. The maximum atomic E-state index is 12.6. The lowest BCUT2D eigenvalue weighted by Gasteiger charge is -2.19. The van der Waals surface area contributed by atoms with E-state index in [1.165, 1.54) is 14.2 Å². The van der Waals surface area contributed by atoms with Crippen LogP contribution in [0.2, 0.25) is 0 Å². The van der Waals surface area contributed by atoms with Gasteiger partial charge in [-0.15, -0.1) is 0 Å². The van der Waals surface area contributed by atoms with Crippen LogP contribution in [0.4, 0.5) is 13.2 Å². The Hall–Kier alpha value is -2.54. The highest BCUT2D eigenvalue weighted by molar-refractivity contribution is 5.94. The van der Waals surface area contributed by atoms with Crippen LogP contribution in [-0.4, -0.2) is 26.7 Å². The minimum Gasteiger partial charge on any atom is -0.496 e. The third-order valence-corrected chi connectivity index (χ3v) is 3.69. The number of carbonyl (C=O) groups excluding carboxylic acids is 1. The number of halogens is 3. The number of hydrogen-bond donors (Lipinski definition) is 1. The molecule has 4 nitrogen and oxygen atoms in total. The molecule has 2 aromatic carbocycles. The Morgan fingerprint density at radius 1 is 1.08 bits per heavy atom. The number of alkyl halides is 3. The molecule has 0 aliphatic heterocycles. The highest BCUT2D eigenvalue weighted by atomic mass is 19.4. The van der Waals surface area contributed by atoms with Crippen molar-refractivity contribution in [3.63, 3.8) is 0 Å². The molecule has 0 aromatic heterocycles. The number of amides is 1. The average molecular weight is 353 g/mol. The standard InChI is InChI=1S/C18H18F3NO3/c1-24-15-6-4-3-5-14(15)16(25-2)11-22-17(23)12-7-9-13(10-8-12)18(19,20)21/h3-10,16H,11H2,1-2H3,(H,22,23). The summed E-state index contributed by atoms with van der Waals surface area (Å²) in [4.78, 5) is 12.1. The molecule has 0 fully saturated rings. The van der Waals surface area contributed by atoms with Gasteiger partial charge in [0.2, 0.25) is 0 Å². The minimum absolute atomic E-state index is 0.142. The van der Waals surface area contributed by atoms with E-state index < -0.39 is 23.8 Å². The predicted molar refractivity (Wildman–Crippen MR) is 86.5 cm³/mol. The van der Waals surface area contributed by atoms with Crippen molar-refractivity contribution < 1.29 is 27.4 Å². The van der Waals surface area contributed by atoms with Gasteiger partial charge >= 0.3 is 6.18 Å². The highest BCUT2D eigenvalue weighted by Gasteiger charge is 2.30. The first kappa shape index (κ1) is 18.8. The van der Waals surface area contributed by atoms with Gasteiger partial charge in [0, 0.05) is 24.8 Å². The average Bonchev–Trinajstić information content (AvgIpc) is 2.61. The van der Waals surface area contributed by atoms with E-state index in [9.17, 15) is 18.0 Å². The second-order valence-electron chi connectivity index (χ2n) is 5.25. The van der Waals surface area contributed by atoms with Crippen LogP contribution >= 0.6 is 0 Å². The van der Waals surface area contributed by atoms with Crippen molar-refractivity contribution >= 4 is 5.91 Å². The van der Waals surface area contributed by atoms with E-state index in [2.05, 4.69) is 5.32 Å². The van der Waals surface area contributed by atoms with Crippen LogP contribution in [0.5, 0.6) is 5.75 Å². The molecule has 1 unspecified atom stereocenters. The number of carbonyl (C=O) groups is 1. The molecule has 1 atom stereocenters. The Morgan fingerprint density at radius 3 is 2.28 bits per heavy atom. The lowest BCUT2D eigenvalue weighted by molar-refractivity contribution is -0.137. The van der Waals surface area contributed by atoms with Gasteiger partial charge in [0.1, 0.15) is 11.9 Å². The van der Waals surface area contributed by atoms with Gasteiger partial charge in [-0.05, 0) is 30.3 Å². The Bertz CT molecular complexity index is 714. The van der Waals surface area contributed by atoms with Gasteiger partial charge in [0.05, 0.1) is 12.7 Å². The quantitative estimate of drug-likeness (QED) is 0.859. The molecule has 0 saturated heterocycles. The van der Waals surface area contributed by atoms with E-state index in [1.807, 2.05) is 18.2 Å². The van der Waals surface area contributed by atoms with Crippen molar-refractivity contribution in [2.75, 3.05) is 20.8 Å². The molecule has 0 bridgehead atoms. The Balaban J connectivity index is 2.05. The fourth-order valence-corrected chi connectivity index (χ4v) is 2.35. The Kier molecular flexibility index (Phi) is 6.03. The summed E-state index contributed by atoms with van der Waals surface area (Å²) in [5, 5.41) is 2.66. The third kappa shape index (κ3) is 4.73. The predicted octanol–water partition coefficient (Wildman–Crippen LogP) is 3.83. The van der Waals surface area contributed by atoms with E-state index in [0.29, 0.717) is 5.75 Å². The lowest BCUT2D eigenvalue weighted by atomic mass is 10.1. The number of methoxy groups -OCH3 is 2. The van der Waals surface area contributed by atoms with Gasteiger partial charge in [0.25, 0.3) is 5.91 Å². The maximum Gasteiger partial charge on any atom is 0.416 e. The monoisotopic (exact) mass is 353 g/mol. The molecule has 25 heavy (non-hydrogen) atoms. The van der Waals surface area contributed by atoms with Gasteiger partial charge in [0.15, 0.2) is 0 Å². The number of benzene rings is 2. The largest absolute Gasteiger partial charge is 0.496 e. The zero-order valence-corrected chi connectivity index (χ0v) is 13.8. The molecule has 134 valence electrons. The SMILES string of the molecule is COc1ccccc1C(CNC(=O)c1ccc(C(F)(F)F)cc1)OC. The van der Waals surface area contributed by atoms with Gasteiger partial charge < -0.3 is 14.8 Å². The molecule has 0 spiro atoms. The van der Waals surface area contributed by atoms with Crippen LogP contribution in [0.1, 0.15) is 27.6 Å². The number of hydrogen-bond acceptors (Lipinski definition) is 3. The summed E-state index contributed by atoms with van der Waals surface area (Å²) in [7, 11) is 3.04. The zero-order valence-electron chi connectivity index (χ0n) is 13.8. The zero-order chi connectivity index (χ0) is 18.4. The van der Waals surface area contributed by atoms with Crippen LogP contribution in [0.15, 0.2) is 48.5 Å². The summed E-state index contributed by atoms with van der Waals surface area (Å²) in [6.07, 6.45) is -4.88. The van der Waals surface area contributed by atoms with Crippen LogP contribution in [-0.2, 0) is 10.9 Å². The molecule has 7 heteroatoms. The molecule has 1 amide bonds. The fraction of sp³-hybridized carbons (Fsp3) is 0.278. The highest BCUT2D eigenvalue weighted by Crippen LogP contribution is 2.29. The summed E-state index contributed by atoms with van der Waals surface area (Å²) in [6.45, 7) is 0.150. The molecule has 2 aromatic rings. The number of ether oxygens (including phenoxy) is 2. The van der Waals surface area contributed by atoms with Crippen LogP contribution < -0.4 is 10.1 Å².